The van der Waals surface area contributed by atoms with E-state index >= 15 is 0 Å². The first-order valence-corrected chi connectivity index (χ1v) is 8.73. The second-order valence-corrected chi connectivity index (χ2v) is 6.58. The molecular formula is C18H13BrN4O3. The minimum Gasteiger partial charge on any atom is -0.334 e. The van der Waals surface area contributed by atoms with Crippen LogP contribution in [0, 0.1) is 0 Å². The summed E-state index contributed by atoms with van der Waals surface area (Å²) < 4.78 is 7.73. The lowest BCUT2D eigenvalue weighted by Crippen LogP contribution is -2.35. The molecule has 2 aromatic heterocycles. The maximum Gasteiger partial charge on any atom is 0.316 e. The molecule has 4 rings (SSSR count). The smallest absolute Gasteiger partial charge is 0.316 e. The molecule has 0 fully saturated rings. The number of aryl methyl sites for hydroxylation is 1. The van der Waals surface area contributed by atoms with Gasteiger partial charge < -0.3 is 14.1 Å². The van der Waals surface area contributed by atoms with Crippen LogP contribution in [0.3, 0.4) is 0 Å². The van der Waals surface area contributed by atoms with Gasteiger partial charge in [0.2, 0.25) is 5.82 Å². The van der Waals surface area contributed by atoms with E-state index < -0.39 is 11.1 Å². The summed E-state index contributed by atoms with van der Waals surface area (Å²) in [5, 5.41) is 4.02. The molecule has 2 heterocycles. The van der Waals surface area contributed by atoms with Crippen LogP contribution in [0.15, 0.2) is 61.0 Å². The van der Waals surface area contributed by atoms with Crippen molar-refractivity contribution in [1.29, 1.82) is 0 Å². The molecule has 0 spiro atoms. The van der Waals surface area contributed by atoms with Crippen LogP contribution in [0.25, 0.3) is 33.9 Å². The molecule has 0 saturated carbocycles. The van der Waals surface area contributed by atoms with Gasteiger partial charge in [-0.1, -0.05) is 21.1 Å². The van der Waals surface area contributed by atoms with E-state index in [4.69, 9.17) is 4.52 Å². The van der Waals surface area contributed by atoms with Crippen LogP contribution in [0.2, 0.25) is 0 Å². The molecule has 0 saturated heterocycles. The second-order valence-electron chi connectivity index (χ2n) is 5.67. The molecule has 0 aliphatic rings. The molecule has 0 amide bonds. The number of fused-ring (bicyclic) bond motifs is 1. The maximum atomic E-state index is 11.9. The molecule has 0 bridgehead atoms. The van der Waals surface area contributed by atoms with Crippen LogP contribution >= 0.6 is 15.9 Å². The van der Waals surface area contributed by atoms with Crippen molar-refractivity contribution >= 4 is 27.0 Å². The Morgan fingerprint density at radius 3 is 2.58 bits per heavy atom. The van der Waals surface area contributed by atoms with Crippen LogP contribution in [0.5, 0.6) is 0 Å². The Morgan fingerprint density at radius 2 is 1.85 bits per heavy atom. The molecule has 1 N–H and O–H groups in total. The van der Waals surface area contributed by atoms with Crippen molar-refractivity contribution in [3.05, 3.63) is 67.6 Å². The summed E-state index contributed by atoms with van der Waals surface area (Å²) in [6.07, 6.45) is 0. The van der Waals surface area contributed by atoms with Gasteiger partial charge in [-0.3, -0.25) is 9.59 Å². The Morgan fingerprint density at radius 1 is 1.12 bits per heavy atom. The topological polar surface area (TPSA) is 93.8 Å². The number of halogens is 1. The lowest BCUT2D eigenvalue weighted by molar-refractivity contribution is 0.432. The predicted molar refractivity (Wildman–Crippen MR) is 101 cm³/mol. The van der Waals surface area contributed by atoms with Gasteiger partial charge in [0.25, 0.3) is 5.89 Å². The van der Waals surface area contributed by atoms with Gasteiger partial charge >= 0.3 is 11.1 Å². The highest BCUT2D eigenvalue weighted by molar-refractivity contribution is 9.10. The van der Waals surface area contributed by atoms with E-state index in [9.17, 15) is 9.59 Å². The lowest BCUT2D eigenvalue weighted by atomic mass is 10.1. The zero-order chi connectivity index (χ0) is 18.3. The van der Waals surface area contributed by atoms with Gasteiger partial charge in [-0.25, -0.2) is 0 Å². The molecule has 0 unspecified atom stereocenters. The minimum atomic E-state index is -0.653. The summed E-state index contributed by atoms with van der Waals surface area (Å²) in [6, 6.07) is 12.8. The van der Waals surface area contributed by atoms with Crippen LogP contribution in [-0.4, -0.2) is 19.7 Å². The number of aromatic nitrogens is 4. The fraction of sp³-hybridized carbons (Fsp3) is 0.111. The summed E-state index contributed by atoms with van der Waals surface area (Å²) in [7, 11) is 0. The van der Waals surface area contributed by atoms with E-state index in [1.165, 1.54) is 4.57 Å². The highest BCUT2D eigenvalue weighted by Crippen LogP contribution is 2.25. The quantitative estimate of drug-likeness (QED) is 0.521. The van der Waals surface area contributed by atoms with Crippen molar-refractivity contribution in [3.8, 4) is 22.8 Å². The van der Waals surface area contributed by atoms with Crippen molar-refractivity contribution in [2.45, 2.75) is 13.5 Å². The fourth-order valence-electron chi connectivity index (χ4n) is 2.78. The molecule has 7 nitrogen and oxygen atoms in total. The van der Waals surface area contributed by atoms with E-state index in [0.717, 1.165) is 10.0 Å². The average molecular weight is 413 g/mol. The van der Waals surface area contributed by atoms with Gasteiger partial charge in [0.05, 0.1) is 11.0 Å². The van der Waals surface area contributed by atoms with Crippen LogP contribution in [0.4, 0.5) is 0 Å². The number of aromatic amines is 1. The molecule has 4 aromatic rings. The molecule has 0 aliphatic carbocycles. The predicted octanol–water partition coefficient (Wildman–Crippen LogP) is 3.19. The normalized spacial score (nSPS) is 11.2. The molecule has 8 heteroatoms. The van der Waals surface area contributed by atoms with Gasteiger partial charge in [0.15, 0.2) is 0 Å². The van der Waals surface area contributed by atoms with Crippen LogP contribution in [0.1, 0.15) is 6.92 Å². The van der Waals surface area contributed by atoms with Crippen molar-refractivity contribution in [1.82, 2.24) is 19.7 Å². The van der Waals surface area contributed by atoms with Gasteiger partial charge in [0, 0.05) is 22.1 Å². The number of H-pyrrole nitrogens is 1. The Balaban J connectivity index is 1.80. The molecule has 0 radical (unpaired) electrons. The van der Waals surface area contributed by atoms with Gasteiger partial charge in [0.1, 0.15) is 0 Å². The summed E-state index contributed by atoms with van der Waals surface area (Å²) in [6.45, 7) is 2.23. The number of nitrogens with zero attached hydrogens (tertiary/aromatic N) is 3. The van der Waals surface area contributed by atoms with E-state index in [0.29, 0.717) is 34.9 Å². The van der Waals surface area contributed by atoms with Crippen LogP contribution in [-0.2, 0) is 6.54 Å². The highest BCUT2D eigenvalue weighted by Gasteiger charge is 2.13. The maximum absolute atomic E-state index is 11.9. The summed E-state index contributed by atoms with van der Waals surface area (Å²) in [5.74, 6) is 0.805. The minimum absolute atomic E-state index is 0.402. The van der Waals surface area contributed by atoms with E-state index in [-0.39, 0.29) is 0 Å². The van der Waals surface area contributed by atoms with Gasteiger partial charge in [-0.05, 0) is 49.4 Å². The molecule has 130 valence electrons. The number of rotatable bonds is 3. The van der Waals surface area contributed by atoms with E-state index in [1.807, 2.05) is 31.2 Å². The third kappa shape index (κ3) is 2.78. The first-order valence-electron chi connectivity index (χ1n) is 7.93. The van der Waals surface area contributed by atoms with E-state index in [2.05, 4.69) is 31.1 Å². The molecular weight excluding hydrogens is 400 g/mol. The number of benzene rings is 2. The Labute approximate surface area is 155 Å². The van der Waals surface area contributed by atoms with E-state index in [1.54, 1.807) is 18.2 Å². The zero-order valence-corrected chi connectivity index (χ0v) is 15.3. The SMILES string of the molecule is CCn1c(=O)c(=O)[nH]c2cc(-c3noc(-c4ccc(Br)cc4)n3)ccc21. The number of hydrogen-bond donors (Lipinski definition) is 1. The average Bonchev–Trinajstić information content (AvgIpc) is 3.13. The van der Waals surface area contributed by atoms with Crippen LogP contribution < -0.4 is 11.1 Å². The monoisotopic (exact) mass is 412 g/mol. The van der Waals surface area contributed by atoms with Crippen molar-refractivity contribution in [2.75, 3.05) is 0 Å². The first kappa shape index (κ1) is 16.5. The Hall–Kier alpha value is -3.00. The Kier molecular flexibility index (Phi) is 4.04. The number of hydrogen-bond acceptors (Lipinski definition) is 5. The van der Waals surface area contributed by atoms with Gasteiger partial charge in [-0.2, -0.15) is 4.98 Å². The third-order valence-electron chi connectivity index (χ3n) is 4.07. The summed E-state index contributed by atoms with van der Waals surface area (Å²) >= 11 is 3.39. The third-order valence-corrected chi connectivity index (χ3v) is 4.60. The Bertz CT molecular complexity index is 1220. The van der Waals surface area contributed by atoms with Crippen molar-refractivity contribution in [3.63, 3.8) is 0 Å². The molecule has 0 aliphatic heterocycles. The number of nitrogens with one attached hydrogen (secondary N) is 1. The highest BCUT2D eigenvalue weighted by atomic mass is 79.9. The zero-order valence-electron chi connectivity index (χ0n) is 13.7. The largest absolute Gasteiger partial charge is 0.334 e. The fourth-order valence-corrected chi connectivity index (χ4v) is 3.05. The molecule has 26 heavy (non-hydrogen) atoms. The standard InChI is InChI=1S/C18H13BrN4O3/c1-2-23-14-8-5-11(9-13(14)20-16(24)18(23)25)15-21-17(26-22-15)10-3-6-12(19)7-4-10/h3-9H,2H2,1H3,(H,20,24). The summed E-state index contributed by atoms with van der Waals surface area (Å²) in [4.78, 5) is 30.8. The van der Waals surface area contributed by atoms with Crippen molar-refractivity contribution < 1.29 is 4.52 Å². The summed E-state index contributed by atoms with van der Waals surface area (Å²) in [5.41, 5.74) is 1.47. The molecule has 2 aromatic carbocycles. The lowest BCUT2D eigenvalue weighted by Gasteiger charge is -2.07. The van der Waals surface area contributed by atoms with Crippen molar-refractivity contribution in [2.24, 2.45) is 0 Å². The van der Waals surface area contributed by atoms with Gasteiger partial charge in [-0.15, -0.1) is 0 Å². The second kappa shape index (κ2) is 6.38. The molecule has 0 atom stereocenters. The first-order chi connectivity index (χ1) is 12.6.